The van der Waals surface area contributed by atoms with E-state index in [1.807, 2.05) is 0 Å². The van der Waals surface area contributed by atoms with Gasteiger partial charge in [-0.15, -0.1) is 0 Å². The number of rotatable bonds is 1. The molecule has 0 atom stereocenters. The van der Waals surface area contributed by atoms with Crippen LogP contribution in [0.1, 0.15) is 18.4 Å². The minimum Gasteiger partial charge on any atom is -0.347 e. The van der Waals surface area contributed by atoms with Crippen LogP contribution in [0.3, 0.4) is 0 Å². The summed E-state index contributed by atoms with van der Waals surface area (Å²) in [4.78, 5) is 14.0. The average molecular weight is 287 g/mol. The smallest absolute Gasteiger partial charge is 0.321 e. The minimum atomic E-state index is -0.485. The van der Waals surface area contributed by atoms with Crippen molar-refractivity contribution in [2.45, 2.75) is 18.6 Å². The van der Waals surface area contributed by atoms with Crippen molar-refractivity contribution < 1.29 is 14.3 Å². The molecule has 2 amide bonds. The molecule has 2 fully saturated rings. The number of para-hydroxylation sites is 1. The molecule has 2 aliphatic heterocycles. The molecule has 0 radical (unpaired) electrons. The first-order valence-electron chi connectivity index (χ1n) is 7.05. The van der Waals surface area contributed by atoms with Gasteiger partial charge in [0.1, 0.15) is 6.07 Å². The average Bonchev–Trinajstić information content (AvgIpc) is 2.96. The highest BCUT2D eigenvalue weighted by Crippen LogP contribution is 2.31. The van der Waals surface area contributed by atoms with Crippen LogP contribution >= 0.6 is 0 Å². The molecule has 1 aromatic carbocycles. The predicted octanol–water partition coefficient (Wildman–Crippen LogP) is 1.93. The zero-order chi connectivity index (χ0) is 14.7. The Morgan fingerprint density at radius 1 is 1.24 bits per heavy atom. The third-order valence-corrected chi connectivity index (χ3v) is 3.92. The lowest BCUT2D eigenvalue weighted by molar-refractivity contribution is -0.181. The van der Waals surface area contributed by atoms with E-state index >= 15 is 0 Å². The summed E-state index contributed by atoms with van der Waals surface area (Å²) in [5.41, 5.74) is 1.00. The minimum absolute atomic E-state index is 0.189. The van der Waals surface area contributed by atoms with Crippen LogP contribution in [-0.2, 0) is 9.47 Å². The fourth-order valence-electron chi connectivity index (χ4n) is 2.72. The van der Waals surface area contributed by atoms with Gasteiger partial charge in [-0.3, -0.25) is 0 Å². The van der Waals surface area contributed by atoms with Crippen LogP contribution in [0.25, 0.3) is 0 Å². The van der Waals surface area contributed by atoms with Gasteiger partial charge in [-0.05, 0) is 12.1 Å². The van der Waals surface area contributed by atoms with Gasteiger partial charge in [-0.25, -0.2) is 4.79 Å². The van der Waals surface area contributed by atoms with Crippen molar-refractivity contribution in [2.75, 3.05) is 31.6 Å². The summed E-state index contributed by atoms with van der Waals surface area (Å²) in [5.74, 6) is -0.485. The molecule has 0 unspecified atom stereocenters. The number of hydrogen-bond acceptors (Lipinski definition) is 4. The summed E-state index contributed by atoms with van der Waals surface area (Å²) in [7, 11) is 0. The van der Waals surface area contributed by atoms with Gasteiger partial charge in [0.25, 0.3) is 0 Å². The Kier molecular flexibility index (Phi) is 3.78. The molecule has 21 heavy (non-hydrogen) atoms. The highest BCUT2D eigenvalue weighted by Gasteiger charge is 2.40. The van der Waals surface area contributed by atoms with Gasteiger partial charge in [0.2, 0.25) is 0 Å². The number of piperidine rings is 1. The maximum Gasteiger partial charge on any atom is 0.321 e. The van der Waals surface area contributed by atoms with Crippen LogP contribution in [0.2, 0.25) is 0 Å². The first-order chi connectivity index (χ1) is 10.2. The number of ether oxygens (including phenoxy) is 2. The summed E-state index contributed by atoms with van der Waals surface area (Å²) in [6.45, 7) is 2.42. The lowest BCUT2D eigenvalue weighted by Gasteiger charge is -2.37. The van der Waals surface area contributed by atoms with Gasteiger partial charge >= 0.3 is 6.03 Å². The van der Waals surface area contributed by atoms with Crippen molar-refractivity contribution in [1.82, 2.24) is 4.90 Å². The molecule has 0 bridgehead atoms. The number of benzene rings is 1. The van der Waals surface area contributed by atoms with E-state index in [1.165, 1.54) is 0 Å². The summed E-state index contributed by atoms with van der Waals surface area (Å²) >= 11 is 0. The molecular formula is C15H17N3O3. The number of amides is 2. The topological polar surface area (TPSA) is 74.6 Å². The number of hydrogen-bond donors (Lipinski definition) is 1. The van der Waals surface area contributed by atoms with Gasteiger partial charge in [0, 0.05) is 25.9 Å². The van der Waals surface area contributed by atoms with Gasteiger partial charge in [0.15, 0.2) is 5.79 Å². The molecular weight excluding hydrogens is 270 g/mol. The molecule has 2 saturated heterocycles. The Hall–Kier alpha value is -2.10. The molecule has 0 aliphatic carbocycles. The Morgan fingerprint density at radius 3 is 2.57 bits per heavy atom. The number of urea groups is 1. The Balaban J connectivity index is 1.61. The lowest BCUT2D eigenvalue weighted by Crippen LogP contribution is -2.48. The molecule has 0 aromatic heterocycles. The number of nitrogens with zero attached hydrogens (tertiary/aromatic N) is 2. The van der Waals surface area contributed by atoms with E-state index in [-0.39, 0.29) is 6.03 Å². The van der Waals surface area contributed by atoms with Crippen LogP contribution in [0.4, 0.5) is 10.5 Å². The molecule has 1 aromatic rings. The molecule has 2 aliphatic rings. The second-order valence-corrected chi connectivity index (χ2v) is 5.18. The van der Waals surface area contributed by atoms with Gasteiger partial charge < -0.3 is 19.7 Å². The maximum atomic E-state index is 12.3. The summed E-state index contributed by atoms with van der Waals surface area (Å²) in [6, 6.07) is 8.85. The highest BCUT2D eigenvalue weighted by atomic mass is 16.7. The second kappa shape index (κ2) is 5.72. The van der Waals surface area contributed by atoms with E-state index < -0.39 is 5.79 Å². The SMILES string of the molecule is N#Cc1ccccc1NC(=O)N1CCC2(CC1)OCCO2. The molecule has 2 heterocycles. The lowest BCUT2D eigenvalue weighted by atomic mass is 10.0. The Morgan fingerprint density at radius 2 is 1.90 bits per heavy atom. The normalized spacial score (nSPS) is 20.2. The summed E-state index contributed by atoms with van der Waals surface area (Å²) < 4.78 is 11.3. The molecule has 6 heteroatoms. The van der Waals surface area contributed by atoms with E-state index in [2.05, 4.69) is 11.4 Å². The van der Waals surface area contributed by atoms with Crippen LogP contribution in [0.15, 0.2) is 24.3 Å². The zero-order valence-electron chi connectivity index (χ0n) is 11.7. The number of carbonyl (C=O) groups is 1. The van der Waals surface area contributed by atoms with Crippen molar-refractivity contribution in [3.63, 3.8) is 0 Å². The largest absolute Gasteiger partial charge is 0.347 e. The van der Waals surface area contributed by atoms with Crippen LogP contribution in [0, 0.1) is 11.3 Å². The van der Waals surface area contributed by atoms with Gasteiger partial charge in [0.05, 0.1) is 24.5 Å². The molecule has 110 valence electrons. The fraction of sp³-hybridized carbons (Fsp3) is 0.467. The van der Waals surface area contributed by atoms with E-state index in [0.717, 1.165) is 0 Å². The molecule has 1 spiro atoms. The van der Waals surface area contributed by atoms with Crippen molar-refractivity contribution in [3.8, 4) is 6.07 Å². The molecule has 0 saturated carbocycles. The Bertz CT molecular complexity index is 566. The number of nitriles is 1. The second-order valence-electron chi connectivity index (χ2n) is 5.18. The summed E-state index contributed by atoms with van der Waals surface area (Å²) in [5, 5.41) is 11.8. The first kappa shape index (κ1) is 13.9. The first-order valence-corrected chi connectivity index (χ1v) is 7.05. The maximum absolute atomic E-state index is 12.3. The van der Waals surface area contributed by atoms with E-state index in [0.29, 0.717) is 50.4 Å². The summed E-state index contributed by atoms with van der Waals surface area (Å²) in [6.07, 6.45) is 1.36. The predicted molar refractivity (Wildman–Crippen MR) is 75.6 cm³/mol. The molecule has 6 nitrogen and oxygen atoms in total. The number of anilines is 1. The van der Waals surface area contributed by atoms with Crippen LogP contribution < -0.4 is 5.32 Å². The quantitative estimate of drug-likeness (QED) is 0.856. The molecule has 3 rings (SSSR count). The number of likely N-dealkylation sites (tertiary alicyclic amines) is 1. The highest BCUT2D eigenvalue weighted by molar-refractivity contribution is 5.90. The van der Waals surface area contributed by atoms with Crippen LogP contribution in [-0.4, -0.2) is 43.0 Å². The van der Waals surface area contributed by atoms with E-state index in [4.69, 9.17) is 14.7 Å². The Labute approximate surface area is 123 Å². The van der Waals surface area contributed by atoms with Crippen molar-refractivity contribution >= 4 is 11.7 Å². The molecule has 1 N–H and O–H groups in total. The number of nitrogens with one attached hydrogen (secondary N) is 1. The van der Waals surface area contributed by atoms with Gasteiger partial charge in [-0.1, -0.05) is 12.1 Å². The standard InChI is InChI=1S/C15H17N3O3/c16-11-12-3-1-2-4-13(12)17-14(19)18-7-5-15(6-8-18)20-9-10-21-15/h1-4H,5-10H2,(H,17,19). The monoisotopic (exact) mass is 287 g/mol. The van der Waals surface area contributed by atoms with Crippen molar-refractivity contribution in [1.29, 1.82) is 5.26 Å². The number of carbonyl (C=O) groups excluding carboxylic acids is 1. The third-order valence-electron chi connectivity index (χ3n) is 3.92. The van der Waals surface area contributed by atoms with Crippen molar-refractivity contribution in [2.24, 2.45) is 0 Å². The van der Waals surface area contributed by atoms with E-state index in [9.17, 15) is 4.79 Å². The van der Waals surface area contributed by atoms with E-state index in [1.54, 1.807) is 29.2 Å². The third kappa shape index (κ3) is 2.84. The zero-order valence-corrected chi connectivity index (χ0v) is 11.7. The van der Waals surface area contributed by atoms with Crippen LogP contribution in [0.5, 0.6) is 0 Å². The van der Waals surface area contributed by atoms with Crippen molar-refractivity contribution in [3.05, 3.63) is 29.8 Å². The fourth-order valence-corrected chi connectivity index (χ4v) is 2.72. The van der Waals surface area contributed by atoms with Gasteiger partial charge in [-0.2, -0.15) is 5.26 Å².